The fraction of sp³-hybridized carbons (Fsp3) is 0.286. The fourth-order valence-corrected chi connectivity index (χ4v) is 4.94. The molecule has 0 N–H and O–H groups in total. The summed E-state index contributed by atoms with van der Waals surface area (Å²) < 4.78 is 21.7. The third kappa shape index (κ3) is 3.66. The predicted molar refractivity (Wildman–Crippen MR) is 107 cm³/mol. The van der Waals surface area contributed by atoms with Crippen molar-refractivity contribution < 1.29 is 23.1 Å². The monoisotopic (exact) mass is 430 g/mol. The number of fused-ring (bicyclic) bond motifs is 2. The highest BCUT2D eigenvalue weighted by Gasteiger charge is 2.32. The van der Waals surface area contributed by atoms with Crippen molar-refractivity contribution in [3.05, 3.63) is 69.2 Å². The van der Waals surface area contributed by atoms with Crippen LogP contribution in [0.2, 0.25) is 5.02 Å². The van der Waals surface area contributed by atoms with E-state index >= 15 is 0 Å². The Morgan fingerprint density at radius 3 is 2.48 bits per heavy atom. The normalized spacial score (nSPS) is 17.7. The van der Waals surface area contributed by atoms with E-state index in [1.54, 1.807) is 29.2 Å². The molecule has 1 saturated heterocycles. The van der Waals surface area contributed by atoms with Gasteiger partial charge in [0, 0.05) is 41.1 Å². The number of carbonyl (C=O) groups is 3. The Balaban J connectivity index is 1.58. The van der Waals surface area contributed by atoms with Gasteiger partial charge in [0.05, 0.1) is 10.6 Å². The molecule has 0 spiro atoms. The molecule has 1 amide bonds. The van der Waals surface area contributed by atoms with Gasteiger partial charge in [-0.3, -0.25) is 18.6 Å². The van der Waals surface area contributed by atoms with Gasteiger partial charge in [0.25, 0.3) is 5.91 Å². The van der Waals surface area contributed by atoms with E-state index in [1.807, 2.05) is 0 Å². The van der Waals surface area contributed by atoms with Crippen LogP contribution in [0, 0.1) is 5.92 Å². The SMILES string of the molecule is O=C1c2cc(C(=O)N3CCC(CS(=O)[O-])CC3)ccc2C(=O)c2c(Cl)cccc21. The molecule has 1 heterocycles. The lowest BCUT2D eigenvalue weighted by Gasteiger charge is -2.32. The summed E-state index contributed by atoms with van der Waals surface area (Å²) in [6.07, 6.45) is 1.24. The molecule has 0 saturated carbocycles. The van der Waals surface area contributed by atoms with Gasteiger partial charge >= 0.3 is 0 Å². The number of rotatable bonds is 3. The van der Waals surface area contributed by atoms with Crippen molar-refractivity contribution in [2.75, 3.05) is 18.8 Å². The number of carbonyl (C=O) groups excluding carboxylic acids is 3. The van der Waals surface area contributed by atoms with Gasteiger partial charge in [-0.25, -0.2) is 0 Å². The molecule has 1 atom stereocenters. The second kappa shape index (κ2) is 7.82. The molecule has 1 fully saturated rings. The number of benzene rings is 2. The molecule has 4 rings (SSSR count). The maximum atomic E-state index is 12.9. The number of likely N-dealkylation sites (tertiary alicyclic amines) is 1. The first kappa shape index (κ1) is 19.9. The molecule has 1 unspecified atom stereocenters. The average molecular weight is 431 g/mol. The second-order valence-corrected chi connectivity index (χ2v) is 8.64. The topological polar surface area (TPSA) is 94.6 Å². The minimum Gasteiger partial charge on any atom is -0.772 e. The summed E-state index contributed by atoms with van der Waals surface area (Å²) in [5.41, 5.74) is 1.21. The summed E-state index contributed by atoms with van der Waals surface area (Å²) >= 11 is 4.04. The molecule has 8 heteroatoms. The molecule has 1 aliphatic carbocycles. The van der Waals surface area contributed by atoms with Crippen LogP contribution in [-0.2, 0) is 11.1 Å². The summed E-state index contributed by atoms with van der Waals surface area (Å²) in [6.45, 7) is 0.923. The Morgan fingerprint density at radius 2 is 1.79 bits per heavy atom. The maximum Gasteiger partial charge on any atom is 0.253 e. The van der Waals surface area contributed by atoms with Gasteiger partial charge in [-0.05, 0) is 43.0 Å². The van der Waals surface area contributed by atoms with E-state index in [4.69, 9.17) is 11.6 Å². The number of halogens is 1. The van der Waals surface area contributed by atoms with Gasteiger partial charge in [-0.1, -0.05) is 34.8 Å². The van der Waals surface area contributed by atoms with E-state index in [2.05, 4.69) is 0 Å². The minimum absolute atomic E-state index is 0.0568. The van der Waals surface area contributed by atoms with Gasteiger partial charge in [0.1, 0.15) is 0 Å². The largest absolute Gasteiger partial charge is 0.772 e. The molecule has 2 aliphatic rings. The van der Waals surface area contributed by atoms with E-state index in [0.29, 0.717) is 31.5 Å². The smallest absolute Gasteiger partial charge is 0.253 e. The Labute approximate surface area is 175 Å². The highest BCUT2D eigenvalue weighted by Crippen LogP contribution is 2.32. The molecular weight excluding hydrogens is 414 g/mol. The summed E-state index contributed by atoms with van der Waals surface area (Å²) in [5.74, 6) is -0.721. The zero-order valence-corrected chi connectivity index (χ0v) is 16.9. The Hall–Kier alpha value is -2.35. The van der Waals surface area contributed by atoms with Crippen LogP contribution in [0.15, 0.2) is 36.4 Å². The van der Waals surface area contributed by atoms with Crippen LogP contribution in [0.25, 0.3) is 0 Å². The van der Waals surface area contributed by atoms with Crippen molar-refractivity contribution in [2.45, 2.75) is 12.8 Å². The van der Waals surface area contributed by atoms with Gasteiger partial charge < -0.3 is 9.45 Å². The third-order valence-electron chi connectivity index (χ3n) is 5.51. The molecular formula is C21H17ClNO5S-. The van der Waals surface area contributed by atoms with Gasteiger partial charge in [-0.2, -0.15) is 0 Å². The number of hydrogen-bond acceptors (Lipinski definition) is 5. The van der Waals surface area contributed by atoms with Gasteiger partial charge in [-0.15, -0.1) is 0 Å². The summed E-state index contributed by atoms with van der Waals surface area (Å²) in [4.78, 5) is 40.3. The molecule has 0 radical (unpaired) electrons. The zero-order chi connectivity index (χ0) is 20.7. The minimum atomic E-state index is -2.08. The fourth-order valence-electron chi connectivity index (χ4n) is 3.96. The van der Waals surface area contributed by atoms with Crippen molar-refractivity contribution in [2.24, 2.45) is 5.92 Å². The first-order valence-corrected chi connectivity index (χ1v) is 10.9. The first-order chi connectivity index (χ1) is 13.9. The first-order valence-electron chi connectivity index (χ1n) is 9.24. The van der Waals surface area contributed by atoms with Crippen molar-refractivity contribution >= 4 is 40.2 Å². The van der Waals surface area contributed by atoms with Crippen molar-refractivity contribution in [1.82, 2.24) is 4.90 Å². The molecule has 6 nitrogen and oxygen atoms in total. The number of amides is 1. The van der Waals surface area contributed by atoms with E-state index < -0.39 is 11.1 Å². The molecule has 29 heavy (non-hydrogen) atoms. The number of ketones is 2. The lowest BCUT2D eigenvalue weighted by molar-refractivity contribution is 0.0698. The Morgan fingerprint density at radius 1 is 1.07 bits per heavy atom. The number of hydrogen-bond donors (Lipinski definition) is 0. The average Bonchev–Trinajstić information content (AvgIpc) is 2.71. The molecule has 0 bridgehead atoms. The van der Waals surface area contributed by atoms with E-state index in [1.165, 1.54) is 12.1 Å². The molecule has 1 aliphatic heterocycles. The van der Waals surface area contributed by atoms with Crippen LogP contribution in [0.5, 0.6) is 0 Å². The Kier molecular flexibility index (Phi) is 5.38. The van der Waals surface area contributed by atoms with Crippen LogP contribution in [0.1, 0.15) is 55.0 Å². The summed E-state index contributed by atoms with van der Waals surface area (Å²) in [5, 5.41) is 0.230. The maximum absolute atomic E-state index is 12.9. The van der Waals surface area contributed by atoms with Gasteiger partial charge in [0.15, 0.2) is 11.6 Å². The van der Waals surface area contributed by atoms with Crippen molar-refractivity contribution in [1.29, 1.82) is 0 Å². The van der Waals surface area contributed by atoms with Crippen molar-refractivity contribution in [3.63, 3.8) is 0 Å². The number of nitrogens with zero attached hydrogens (tertiary/aromatic N) is 1. The molecule has 150 valence electrons. The summed E-state index contributed by atoms with van der Waals surface area (Å²) in [7, 11) is 0. The molecule has 0 aromatic heterocycles. The van der Waals surface area contributed by atoms with Crippen LogP contribution >= 0.6 is 11.6 Å². The molecule has 2 aromatic rings. The Bertz CT molecular complexity index is 1060. The van der Waals surface area contributed by atoms with E-state index in [-0.39, 0.29) is 56.4 Å². The van der Waals surface area contributed by atoms with Gasteiger partial charge in [0.2, 0.25) is 0 Å². The van der Waals surface area contributed by atoms with E-state index in [9.17, 15) is 23.1 Å². The highest BCUT2D eigenvalue weighted by atomic mass is 35.5. The number of piperidine rings is 1. The van der Waals surface area contributed by atoms with E-state index in [0.717, 1.165) is 0 Å². The van der Waals surface area contributed by atoms with Crippen LogP contribution < -0.4 is 0 Å². The second-order valence-electron chi connectivity index (χ2n) is 7.29. The standard InChI is InChI=1S/C21H18ClNO5S/c22-17-3-1-2-15-18(17)20(25)14-5-4-13(10-16(14)19(15)24)21(26)23-8-6-12(7-9-23)11-29(27)28/h1-5,10,12H,6-9,11H2,(H,27,28)/p-1. The van der Waals surface area contributed by atoms with Crippen LogP contribution in [-0.4, -0.2) is 50.0 Å². The predicted octanol–water partition coefficient (Wildman–Crippen LogP) is 2.85. The van der Waals surface area contributed by atoms with Crippen LogP contribution in [0.4, 0.5) is 0 Å². The van der Waals surface area contributed by atoms with Crippen LogP contribution in [0.3, 0.4) is 0 Å². The lowest BCUT2D eigenvalue weighted by Crippen LogP contribution is -2.39. The highest BCUT2D eigenvalue weighted by molar-refractivity contribution is 7.79. The quantitative estimate of drug-likeness (QED) is 0.595. The lowest BCUT2D eigenvalue weighted by atomic mass is 9.83. The summed E-state index contributed by atoms with van der Waals surface area (Å²) in [6, 6.07) is 9.27. The third-order valence-corrected chi connectivity index (χ3v) is 6.57. The van der Waals surface area contributed by atoms with Crippen molar-refractivity contribution in [3.8, 4) is 0 Å². The molecule has 2 aromatic carbocycles. The zero-order valence-electron chi connectivity index (χ0n) is 15.4.